The first-order valence-electron chi connectivity index (χ1n) is 28.1. The summed E-state index contributed by atoms with van der Waals surface area (Å²) in [5.41, 5.74) is 4.58. The van der Waals surface area contributed by atoms with Crippen molar-refractivity contribution >= 4 is 71.9 Å². The quantitative estimate of drug-likeness (QED) is 0.00768. The van der Waals surface area contributed by atoms with Gasteiger partial charge in [-0.2, -0.15) is 12.6 Å². The summed E-state index contributed by atoms with van der Waals surface area (Å²) in [5.74, 6) is 3.85. The van der Waals surface area contributed by atoms with Gasteiger partial charge in [0, 0.05) is 58.8 Å². The van der Waals surface area contributed by atoms with E-state index in [0.29, 0.717) is 95.2 Å². The first-order chi connectivity index (χ1) is 41.8. The lowest BCUT2D eigenvalue weighted by Crippen LogP contribution is -2.45. The van der Waals surface area contributed by atoms with E-state index < -0.39 is 41.1 Å². The number of nitrogens with zero attached hydrogens (tertiary/aromatic N) is 1. The lowest BCUT2D eigenvalue weighted by atomic mass is 9.84. The topological polar surface area (TPSA) is 129 Å². The maximum atomic E-state index is 16.2. The number of methoxy groups -OCH3 is 1. The number of fused-ring (bicyclic) bond motifs is 1. The third kappa shape index (κ3) is 18.1. The van der Waals surface area contributed by atoms with Crippen molar-refractivity contribution in [2.45, 2.75) is 75.9 Å². The van der Waals surface area contributed by atoms with E-state index >= 15 is 8.78 Å². The maximum Gasteiger partial charge on any atom is 0.343 e. The molecule has 446 valence electrons. The summed E-state index contributed by atoms with van der Waals surface area (Å²) >= 11 is 7.02. The summed E-state index contributed by atoms with van der Waals surface area (Å²) < 4.78 is 92.0. The highest BCUT2D eigenvalue weighted by Gasteiger charge is 2.37. The largest absolute Gasteiger partial charge is 0.494 e. The van der Waals surface area contributed by atoms with E-state index in [4.69, 9.17) is 44.5 Å². The Morgan fingerprint density at radius 3 is 2.29 bits per heavy atom. The third-order valence-corrected chi connectivity index (χ3v) is 16.1. The molecule has 2 aliphatic heterocycles. The van der Waals surface area contributed by atoms with Gasteiger partial charge in [-0.15, -0.1) is 11.8 Å². The van der Waals surface area contributed by atoms with Crippen molar-refractivity contribution in [3.8, 4) is 57.5 Å². The maximum absolute atomic E-state index is 16.2. The molecule has 86 heavy (non-hydrogen) atoms. The van der Waals surface area contributed by atoms with Crippen LogP contribution in [0.3, 0.4) is 0 Å². The van der Waals surface area contributed by atoms with Crippen molar-refractivity contribution in [3.05, 3.63) is 189 Å². The van der Waals surface area contributed by atoms with Gasteiger partial charge in [-0.25, -0.2) is 27.6 Å². The third-order valence-electron chi connectivity index (χ3n) is 13.9. The molecule has 0 aromatic heterocycles. The van der Waals surface area contributed by atoms with Crippen molar-refractivity contribution in [2.75, 3.05) is 51.6 Å². The highest BCUT2D eigenvalue weighted by Crippen LogP contribution is 2.42. The van der Waals surface area contributed by atoms with Crippen molar-refractivity contribution in [2.24, 2.45) is 5.41 Å². The van der Waals surface area contributed by atoms with Gasteiger partial charge in [0.1, 0.15) is 23.1 Å². The zero-order valence-corrected chi connectivity index (χ0v) is 50.4. The van der Waals surface area contributed by atoms with Gasteiger partial charge in [0.15, 0.2) is 28.2 Å². The van der Waals surface area contributed by atoms with Crippen LogP contribution in [-0.4, -0.2) is 69.6 Å². The van der Waals surface area contributed by atoms with Crippen LogP contribution in [0.2, 0.25) is 0 Å². The van der Waals surface area contributed by atoms with Gasteiger partial charge in [0.05, 0.1) is 45.7 Å². The minimum Gasteiger partial charge on any atom is -0.494 e. The number of benzene rings is 6. The Morgan fingerprint density at radius 1 is 0.802 bits per heavy atom. The van der Waals surface area contributed by atoms with Crippen LogP contribution in [0.4, 0.5) is 18.9 Å². The van der Waals surface area contributed by atoms with Crippen molar-refractivity contribution in [1.82, 2.24) is 0 Å². The predicted molar refractivity (Wildman–Crippen MR) is 333 cm³/mol. The monoisotopic (exact) mass is 1220 g/mol. The number of carbonyl (C=O) groups excluding carboxylic acids is 3. The molecule has 6 aromatic rings. The Bertz CT molecular complexity index is 3570. The number of thiol groups is 1. The summed E-state index contributed by atoms with van der Waals surface area (Å²) in [6.45, 7) is 14.2. The molecule has 0 bridgehead atoms. The second-order valence-electron chi connectivity index (χ2n) is 20.1. The average molecular weight is 1220 g/mol. The van der Waals surface area contributed by atoms with Gasteiger partial charge < -0.3 is 37.9 Å². The van der Waals surface area contributed by atoms with Gasteiger partial charge in [-0.05, 0) is 162 Å². The zero-order valence-electron chi connectivity index (χ0n) is 47.9. The molecule has 0 atom stereocenters. The molecule has 8 rings (SSSR count). The van der Waals surface area contributed by atoms with Crippen molar-refractivity contribution in [3.63, 3.8) is 0 Å². The van der Waals surface area contributed by atoms with Crippen LogP contribution in [0.5, 0.6) is 34.5 Å². The van der Waals surface area contributed by atoms with E-state index in [2.05, 4.69) is 42.3 Å². The van der Waals surface area contributed by atoms with Crippen LogP contribution < -0.4 is 28.4 Å². The summed E-state index contributed by atoms with van der Waals surface area (Å²) in [6.07, 6.45) is 12.8. The first-order valence-corrected chi connectivity index (χ1v) is 30.7. The summed E-state index contributed by atoms with van der Waals surface area (Å²) in [5, 5.41) is 0.574. The molecule has 12 nitrogen and oxygen atoms in total. The standard InChI is InChI=1S/C68H64F3NO11S3/c1-5-68(43-78-44-68)42-77-31-13-32-79-52-25-23-48(24-26-52)67(75)80-53-37-49(14-9-7-11-16-64-82-58-28-20-45(34-51(58)41-86-64)17-18-46-19-27-57(72-3)54(69)35-46)65(61(40-53)85-6-2)50-38-55(70)66(56(71)39-50)83-63(74)30-22-47-21-29-59(60(36-47)76-4)81-62(73)15-10-8-12-33-84/h9,14,16,19-30,34-40,84H,5-6,8,10,12-13,15,17-18,31-33,41-44H2,1-2,4H3/b14-9+,30-22+,64-16-. The molecule has 0 aliphatic carbocycles. The Morgan fingerprint density at radius 2 is 1.58 bits per heavy atom. The molecule has 18 heteroatoms. The fourth-order valence-electron chi connectivity index (χ4n) is 9.08. The predicted octanol–water partition coefficient (Wildman–Crippen LogP) is 15.9. The lowest BCUT2D eigenvalue weighted by Gasteiger charge is -2.40. The van der Waals surface area contributed by atoms with Gasteiger partial charge in [-0.1, -0.05) is 74.2 Å². The van der Waals surface area contributed by atoms with E-state index in [1.807, 2.05) is 19.1 Å². The van der Waals surface area contributed by atoms with E-state index in [0.717, 1.165) is 73.1 Å². The Hall–Kier alpha value is -7.84. The number of ether oxygens (including phenoxy) is 8. The molecule has 2 aliphatic rings. The highest BCUT2D eigenvalue weighted by molar-refractivity contribution is 8.02. The molecular formula is C68H64F3NO11S3. The molecule has 1 fully saturated rings. The number of esters is 3. The Labute approximate surface area is 513 Å². The van der Waals surface area contributed by atoms with Gasteiger partial charge >= 0.3 is 17.9 Å². The van der Waals surface area contributed by atoms with Crippen LogP contribution >= 0.6 is 36.2 Å². The van der Waals surface area contributed by atoms with Crippen LogP contribution in [0.15, 0.2) is 131 Å². The van der Waals surface area contributed by atoms with Crippen molar-refractivity contribution in [1.29, 1.82) is 0 Å². The number of allylic oxidation sites excluding steroid dienone is 2. The minimum atomic E-state index is -1.15. The number of thioether (sulfide) groups is 2. The molecule has 0 spiro atoms. The van der Waals surface area contributed by atoms with Gasteiger partial charge in [-0.3, -0.25) is 4.79 Å². The smallest absolute Gasteiger partial charge is 0.343 e. The lowest BCUT2D eigenvalue weighted by molar-refractivity contribution is -0.150. The van der Waals surface area contributed by atoms with E-state index in [1.165, 1.54) is 61.0 Å². The van der Waals surface area contributed by atoms with Crippen LogP contribution in [0, 0.1) is 41.3 Å². The fraction of sp³-hybridized carbons (Fsp3) is 0.294. The number of carbonyl (C=O) groups is 3. The molecular weight excluding hydrogens is 1160 g/mol. The summed E-state index contributed by atoms with van der Waals surface area (Å²) in [4.78, 5) is 42.9. The molecule has 0 N–H and O–H groups in total. The van der Waals surface area contributed by atoms with E-state index in [1.54, 1.807) is 66.8 Å². The zero-order chi connectivity index (χ0) is 60.8. The van der Waals surface area contributed by atoms with Crippen molar-refractivity contribution < 1.29 is 65.4 Å². The van der Waals surface area contributed by atoms with Crippen LogP contribution in [-0.2, 0) is 37.7 Å². The minimum absolute atomic E-state index is 0.000291. The molecule has 0 radical (unpaired) electrons. The first kappa shape index (κ1) is 64.2. The number of aryl methyl sites for hydroxylation is 2. The summed E-state index contributed by atoms with van der Waals surface area (Å²) in [7, 11) is 1.40. The number of unbranched alkanes of at least 4 members (excludes halogenated alkanes) is 2. The molecule has 0 amide bonds. The van der Waals surface area contributed by atoms with E-state index in [9.17, 15) is 18.8 Å². The highest BCUT2D eigenvalue weighted by atomic mass is 32.2. The van der Waals surface area contributed by atoms with Gasteiger partial charge in [0.2, 0.25) is 11.4 Å². The normalized spacial score (nSPS) is 13.7. The second-order valence-corrected chi connectivity index (χ2v) is 22.8. The van der Waals surface area contributed by atoms with E-state index in [-0.39, 0.29) is 45.9 Å². The SMILES string of the molecule is [C-]#[N+]c1ccc(CCc2ccc3c(c2)CS/C(=C\C#C/C=C/c2cc(OC(=O)c4ccc(OCCCOCC5(CC)COC5)cc4)cc(SCC)c2-c2cc(F)c(OC(=O)/C=C/c4ccc(OC(=O)CCCCCS)c(OC)c4)c(F)c2)O3)cc1F. The Kier molecular flexibility index (Phi) is 23.9. The number of halogens is 3. The van der Waals surface area contributed by atoms with Crippen LogP contribution in [0.25, 0.3) is 28.1 Å². The molecule has 2 heterocycles. The van der Waals surface area contributed by atoms with Crippen LogP contribution in [0.1, 0.15) is 90.5 Å². The number of hydrogen-bond acceptors (Lipinski definition) is 14. The van der Waals surface area contributed by atoms with Gasteiger partial charge in [0.25, 0.3) is 0 Å². The fourth-order valence-corrected chi connectivity index (χ4v) is 11.0. The number of hydrogen-bond donors (Lipinski definition) is 1. The average Bonchev–Trinajstić information content (AvgIpc) is 3.67. The summed E-state index contributed by atoms with van der Waals surface area (Å²) in [6, 6.07) is 27.1. The Balaban J connectivity index is 0.980. The second kappa shape index (κ2) is 32.1. The molecule has 0 saturated carbocycles. The molecule has 6 aromatic carbocycles. The number of rotatable bonds is 27. The molecule has 0 unspecified atom stereocenters. The molecule has 1 saturated heterocycles.